The number of aromatic nitrogens is 3. The molecule has 26 heavy (non-hydrogen) atoms. The van der Waals surface area contributed by atoms with Crippen LogP contribution in [-0.2, 0) is 13.0 Å². The van der Waals surface area contributed by atoms with Gasteiger partial charge in [-0.3, -0.25) is 0 Å². The fraction of sp³-hybridized carbons (Fsp3) is 0.471. The number of nitrogens with one attached hydrogen (secondary N) is 2. The summed E-state index contributed by atoms with van der Waals surface area (Å²) < 4.78 is 2.16. The maximum Gasteiger partial charge on any atom is 0.319 e. The lowest BCUT2D eigenvalue weighted by molar-refractivity contribution is 0.252. The molecule has 0 aliphatic rings. The van der Waals surface area contributed by atoms with Gasteiger partial charge in [-0.05, 0) is 36.8 Å². The van der Waals surface area contributed by atoms with Crippen molar-refractivity contribution < 1.29 is 4.79 Å². The standard InChI is InChI=1S/C17H23Cl2N5OS/c1-11(2)10-24-15(22-23-17(24)26-3)5-4-8-20-16(25)21-14-7-6-12(18)9-13(14)19/h6-7,9,11H,4-5,8,10H2,1-3H3,(H2,20,21,25). The summed E-state index contributed by atoms with van der Waals surface area (Å²) in [6.07, 6.45) is 3.52. The predicted molar refractivity (Wildman–Crippen MR) is 108 cm³/mol. The number of urea groups is 1. The van der Waals surface area contributed by atoms with Gasteiger partial charge in [0.1, 0.15) is 5.82 Å². The fourth-order valence-corrected chi connectivity index (χ4v) is 3.39. The third kappa shape index (κ3) is 6.07. The Balaban J connectivity index is 1.81. The molecule has 0 aliphatic heterocycles. The molecule has 0 atom stereocenters. The van der Waals surface area contributed by atoms with Gasteiger partial charge in [-0.1, -0.05) is 48.8 Å². The van der Waals surface area contributed by atoms with Gasteiger partial charge in [-0.25, -0.2) is 4.79 Å². The van der Waals surface area contributed by atoms with Gasteiger partial charge in [-0.15, -0.1) is 10.2 Å². The summed E-state index contributed by atoms with van der Waals surface area (Å²) in [6.45, 7) is 5.75. The smallest absolute Gasteiger partial charge is 0.319 e. The molecule has 1 aromatic heterocycles. The first kappa shape index (κ1) is 20.9. The molecule has 0 saturated carbocycles. The number of benzene rings is 1. The van der Waals surface area contributed by atoms with E-state index in [-0.39, 0.29) is 6.03 Å². The van der Waals surface area contributed by atoms with Crippen LogP contribution in [0.3, 0.4) is 0 Å². The molecule has 1 aromatic carbocycles. The zero-order valence-corrected chi connectivity index (χ0v) is 17.4. The van der Waals surface area contributed by atoms with E-state index in [2.05, 4.69) is 39.2 Å². The molecule has 0 saturated heterocycles. The minimum Gasteiger partial charge on any atom is -0.338 e. The van der Waals surface area contributed by atoms with Gasteiger partial charge in [0.05, 0.1) is 10.7 Å². The first-order valence-corrected chi connectivity index (χ1v) is 10.3. The Morgan fingerprint density at radius 3 is 2.73 bits per heavy atom. The van der Waals surface area contributed by atoms with Crippen molar-refractivity contribution in [1.82, 2.24) is 20.1 Å². The fourth-order valence-electron chi connectivity index (χ4n) is 2.41. The maximum atomic E-state index is 12.0. The lowest BCUT2D eigenvalue weighted by Crippen LogP contribution is -2.30. The van der Waals surface area contributed by atoms with Crippen LogP contribution in [0.1, 0.15) is 26.1 Å². The number of anilines is 1. The van der Waals surface area contributed by atoms with Gasteiger partial charge < -0.3 is 15.2 Å². The van der Waals surface area contributed by atoms with Crippen LogP contribution in [0.2, 0.25) is 10.0 Å². The Morgan fingerprint density at radius 1 is 1.31 bits per heavy atom. The summed E-state index contributed by atoms with van der Waals surface area (Å²) in [5.74, 6) is 1.47. The topological polar surface area (TPSA) is 71.8 Å². The van der Waals surface area contributed by atoms with Crippen LogP contribution >= 0.6 is 35.0 Å². The van der Waals surface area contributed by atoms with Crippen LogP contribution in [0, 0.1) is 5.92 Å². The number of amides is 2. The third-order valence-corrected chi connectivity index (χ3v) is 4.78. The van der Waals surface area contributed by atoms with Gasteiger partial charge in [0, 0.05) is 24.5 Å². The van der Waals surface area contributed by atoms with Crippen molar-refractivity contribution in [1.29, 1.82) is 0 Å². The lowest BCUT2D eigenvalue weighted by Gasteiger charge is -2.12. The summed E-state index contributed by atoms with van der Waals surface area (Å²) >= 11 is 13.5. The van der Waals surface area contributed by atoms with E-state index < -0.39 is 0 Å². The second kappa shape index (κ2) is 10.0. The molecular weight excluding hydrogens is 393 g/mol. The Hall–Kier alpha value is -1.44. The number of halogens is 2. The molecule has 0 bridgehead atoms. The second-order valence-corrected chi connectivity index (χ2v) is 7.83. The van der Waals surface area contributed by atoms with Crippen LogP contribution in [0.15, 0.2) is 23.4 Å². The summed E-state index contributed by atoms with van der Waals surface area (Å²) in [5, 5.41) is 15.9. The first-order chi connectivity index (χ1) is 12.4. The molecule has 2 N–H and O–H groups in total. The SMILES string of the molecule is CSc1nnc(CCCNC(=O)Nc2ccc(Cl)cc2Cl)n1CC(C)C. The van der Waals surface area contributed by atoms with Crippen LogP contribution in [0.4, 0.5) is 10.5 Å². The minimum absolute atomic E-state index is 0.303. The van der Waals surface area contributed by atoms with E-state index in [1.54, 1.807) is 30.0 Å². The predicted octanol–water partition coefficient (Wildman–Crippen LogP) is 4.72. The summed E-state index contributed by atoms with van der Waals surface area (Å²) in [5.41, 5.74) is 0.523. The van der Waals surface area contributed by atoms with Crippen molar-refractivity contribution in [2.45, 2.75) is 38.4 Å². The molecule has 0 unspecified atom stereocenters. The molecule has 9 heteroatoms. The minimum atomic E-state index is -0.303. The van der Waals surface area contributed by atoms with E-state index in [0.717, 1.165) is 30.4 Å². The van der Waals surface area contributed by atoms with E-state index in [4.69, 9.17) is 23.2 Å². The molecule has 2 rings (SSSR count). The molecular formula is C17H23Cl2N5OS. The largest absolute Gasteiger partial charge is 0.338 e. The molecule has 0 aliphatic carbocycles. The number of hydrogen-bond acceptors (Lipinski definition) is 4. The van der Waals surface area contributed by atoms with Crippen LogP contribution in [0.5, 0.6) is 0 Å². The van der Waals surface area contributed by atoms with Crippen LogP contribution in [0.25, 0.3) is 0 Å². The molecule has 0 fully saturated rings. The number of carbonyl (C=O) groups excluding carboxylic acids is 1. The number of carbonyl (C=O) groups is 1. The number of rotatable bonds is 8. The summed E-state index contributed by atoms with van der Waals surface area (Å²) in [6, 6.07) is 4.63. The van der Waals surface area contributed by atoms with Crippen LogP contribution < -0.4 is 10.6 Å². The quantitative estimate of drug-likeness (QED) is 0.483. The number of aryl methyl sites for hydroxylation is 1. The highest BCUT2D eigenvalue weighted by Crippen LogP contribution is 2.25. The molecule has 1 heterocycles. The van der Waals surface area contributed by atoms with Gasteiger partial charge in [0.15, 0.2) is 5.16 Å². The van der Waals surface area contributed by atoms with E-state index >= 15 is 0 Å². The van der Waals surface area contributed by atoms with E-state index in [1.807, 2.05) is 6.26 Å². The highest BCUT2D eigenvalue weighted by molar-refractivity contribution is 7.98. The summed E-state index contributed by atoms with van der Waals surface area (Å²) in [7, 11) is 0. The molecule has 2 amide bonds. The zero-order valence-electron chi connectivity index (χ0n) is 15.1. The van der Waals surface area contributed by atoms with Crippen molar-refractivity contribution in [3.8, 4) is 0 Å². The number of hydrogen-bond donors (Lipinski definition) is 2. The Morgan fingerprint density at radius 2 is 2.08 bits per heavy atom. The molecule has 0 radical (unpaired) electrons. The van der Waals surface area contributed by atoms with Gasteiger partial charge in [0.25, 0.3) is 0 Å². The van der Waals surface area contributed by atoms with E-state index in [9.17, 15) is 4.79 Å². The number of nitrogens with zero attached hydrogens (tertiary/aromatic N) is 3. The first-order valence-electron chi connectivity index (χ1n) is 8.36. The second-order valence-electron chi connectivity index (χ2n) is 6.22. The van der Waals surface area contributed by atoms with Crippen molar-refractivity contribution in [2.75, 3.05) is 18.1 Å². The Kier molecular flexibility index (Phi) is 8.06. The van der Waals surface area contributed by atoms with Crippen LogP contribution in [-0.4, -0.2) is 33.6 Å². The van der Waals surface area contributed by atoms with E-state index in [1.165, 1.54) is 0 Å². The monoisotopic (exact) mass is 415 g/mol. The van der Waals surface area contributed by atoms with Crippen molar-refractivity contribution in [2.24, 2.45) is 5.92 Å². The zero-order chi connectivity index (χ0) is 19.1. The highest BCUT2D eigenvalue weighted by atomic mass is 35.5. The van der Waals surface area contributed by atoms with Crippen molar-refractivity contribution in [3.05, 3.63) is 34.1 Å². The molecule has 2 aromatic rings. The molecule has 6 nitrogen and oxygen atoms in total. The van der Waals surface area contributed by atoms with Gasteiger partial charge >= 0.3 is 6.03 Å². The van der Waals surface area contributed by atoms with Gasteiger partial charge in [-0.2, -0.15) is 0 Å². The lowest BCUT2D eigenvalue weighted by atomic mass is 10.2. The third-order valence-electron chi connectivity index (χ3n) is 3.57. The molecule has 0 spiro atoms. The Labute approximate surface area is 168 Å². The average molecular weight is 416 g/mol. The highest BCUT2D eigenvalue weighted by Gasteiger charge is 2.12. The summed E-state index contributed by atoms with van der Waals surface area (Å²) in [4.78, 5) is 12.0. The van der Waals surface area contributed by atoms with Crippen molar-refractivity contribution in [3.63, 3.8) is 0 Å². The number of thioether (sulfide) groups is 1. The Bertz CT molecular complexity index is 751. The average Bonchev–Trinajstić information content (AvgIpc) is 2.95. The maximum absolute atomic E-state index is 12.0. The molecule has 142 valence electrons. The normalized spacial score (nSPS) is 11.0. The van der Waals surface area contributed by atoms with E-state index in [0.29, 0.717) is 28.2 Å². The van der Waals surface area contributed by atoms with Gasteiger partial charge in [0.2, 0.25) is 0 Å². The van der Waals surface area contributed by atoms with Crippen molar-refractivity contribution >= 4 is 46.7 Å².